The molecule has 0 aromatic heterocycles. The van der Waals surface area contributed by atoms with Crippen LogP contribution in [-0.2, 0) is 12.8 Å². The summed E-state index contributed by atoms with van der Waals surface area (Å²) in [7, 11) is 0. The Balaban J connectivity index is 2.13. The second-order valence-electron chi connectivity index (χ2n) is 4.47. The summed E-state index contributed by atoms with van der Waals surface area (Å²) in [4.78, 5) is 0. The minimum absolute atomic E-state index is 0.751. The summed E-state index contributed by atoms with van der Waals surface area (Å²) in [6.07, 6.45) is 3.38. The lowest BCUT2D eigenvalue weighted by Gasteiger charge is -2.23. The van der Waals surface area contributed by atoms with E-state index in [2.05, 4.69) is 30.4 Å². The molecule has 0 bridgehead atoms. The number of fused-ring (bicyclic) bond motifs is 1. The number of hydrogen-bond donors (Lipinski definition) is 1. The van der Waals surface area contributed by atoms with Crippen molar-refractivity contribution in [2.45, 2.75) is 26.2 Å². The molecule has 1 unspecified atom stereocenters. The SMILES string of the molecule is CC1CNc2ccc(CCCCl)cc2C1. The van der Waals surface area contributed by atoms with E-state index >= 15 is 0 Å². The molecule has 1 N–H and O–H groups in total. The third kappa shape index (κ3) is 2.66. The Hall–Kier alpha value is -0.690. The van der Waals surface area contributed by atoms with Gasteiger partial charge in [-0.1, -0.05) is 19.1 Å². The van der Waals surface area contributed by atoms with E-state index in [-0.39, 0.29) is 0 Å². The van der Waals surface area contributed by atoms with Crippen LogP contribution in [0.1, 0.15) is 24.5 Å². The van der Waals surface area contributed by atoms with E-state index in [0.717, 1.165) is 31.2 Å². The Labute approximate surface area is 96.8 Å². The number of alkyl halides is 1. The fourth-order valence-electron chi connectivity index (χ4n) is 2.15. The molecule has 15 heavy (non-hydrogen) atoms. The van der Waals surface area contributed by atoms with Crippen LogP contribution in [0.2, 0.25) is 0 Å². The molecule has 0 fully saturated rings. The predicted molar refractivity (Wildman–Crippen MR) is 66.8 cm³/mol. The fraction of sp³-hybridized carbons (Fsp3) is 0.538. The van der Waals surface area contributed by atoms with Crippen molar-refractivity contribution in [3.05, 3.63) is 29.3 Å². The molecule has 0 radical (unpaired) electrons. The topological polar surface area (TPSA) is 12.0 Å². The van der Waals surface area contributed by atoms with E-state index in [1.807, 2.05) is 0 Å². The molecule has 1 atom stereocenters. The van der Waals surface area contributed by atoms with Gasteiger partial charge in [0.25, 0.3) is 0 Å². The van der Waals surface area contributed by atoms with Gasteiger partial charge < -0.3 is 5.32 Å². The maximum atomic E-state index is 5.71. The zero-order chi connectivity index (χ0) is 10.7. The zero-order valence-electron chi connectivity index (χ0n) is 9.22. The second kappa shape index (κ2) is 4.89. The monoisotopic (exact) mass is 223 g/mol. The van der Waals surface area contributed by atoms with Gasteiger partial charge in [-0.25, -0.2) is 0 Å². The van der Waals surface area contributed by atoms with Crippen molar-refractivity contribution in [3.63, 3.8) is 0 Å². The van der Waals surface area contributed by atoms with Crippen LogP contribution in [0.25, 0.3) is 0 Å². The summed E-state index contributed by atoms with van der Waals surface area (Å²) < 4.78 is 0. The largest absolute Gasteiger partial charge is 0.385 e. The lowest BCUT2D eigenvalue weighted by molar-refractivity contribution is 0.594. The molecule has 2 rings (SSSR count). The first-order chi connectivity index (χ1) is 7.29. The number of aryl methyl sites for hydroxylation is 1. The third-order valence-electron chi connectivity index (χ3n) is 2.98. The molecular weight excluding hydrogens is 206 g/mol. The van der Waals surface area contributed by atoms with Crippen molar-refractivity contribution in [2.24, 2.45) is 5.92 Å². The summed E-state index contributed by atoms with van der Waals surface area (Å²) in [5.74, 6) is 1.51. The van der Waals surface area contributed by atoms with E-state index in [1.165, 1.54) is 23.2 Å². The molecular formula is C13H18ClN. The van der Waals surface area contributed by atoms with Crippen LogP contribution in [0.5, 0.6) is 0 Å². The maximum absolute atomic E-state index is 5.71. The number of rotatable bonds is 3. The van der Waals surface area contributed by atoms with Crippen molar-refractivity contribution in [2.75, 3.05) is 17.7 Å². The Morgan fingerprint density at radius 1 is 1.47 bits per heavy atom. The number of nitrogens with one attached hydrogen (secondary N) is 1. The summed E-state index contributed by atoms with van der Waals surface area (Å²) in [5.41, 5.74) is 4.22. The van der Waals surface area contributed by atoms with Crippen LogP contribution >= 0.6 is 11.6 Å². The highest BCUT2D eigenvalue weighted by Crippen LogP contribution is 2.25. The average Bonchev–Trinajstić information content (AvgIpc) is 2.25. The van der Waals surface area contributed by atoms with Gasteiger partial charge in [-0.15, -0.1) is 11.6 Å². The van der Waals surface area contributed by atoms with E-state index < -0.39 is 0 Å². The molecule has 0 spiro atoms. The summed E-state index contributed by atoms with van der Waals surface area (Å²) in [5, 5.41) is 3.47. The number of benzene rings is 1. The Morgan fingerprint density at radius 2 is 2.33 bits per heavy atom. The highest BCUT2D eigenvalue weighted by molar-refractivity contribution is 6.17. The number of anilines is 1. The van der Waals surface area contributed by atoms with Crippen LogP contribution in [0.15, 0.2) is 18.2 Å². The summed E-state index contributed by atoms with van der Waals surface area (Å²) in [6, 6.07) is 6.77. The smallest absolute Gasteiger partial charge is 0.0373 e. The molecule has 2 heteroatoms. The minimum Gasteiger partial charge on any atom is -0.385 e. The first kappa shape index (κ1) is 10.8. The molecule has 0 saturated carbocycles. The Morgan fingerprint density at radius 3 is 3.13 bits per heavy atom. The van der Waals surface area contributed by atoms with Gasteiger partial charge in [0.2, 0.25) is 0 Å². The van der Waals surface area contributed by atoms with Gasteiger partial charge >= 0.3 is 0 Å². The first-order valence-corrected chi connectivity index (χ1v) is 6.24. The van der Waals surface area contributed by atoms with Crippen molar-refractivity contribution < 1.29 is 0 Å². The molecule has 0 amide bonds. The van der Waals surface area contributed by atoms with Crippen LogP contribution in [-0.4, -0.2) is 12.4 Å². The lowest BCUT2D eigenvalue weighted by Crippen LogP contribution is -2.20. The molecule has 1 aliphatic heterocycles. The van der Waals surface area contributed by atoms with E-state index in [1.54, 1.807) is 0 Å². The van der Waals surface area contributed by atoms with Crippen LogP contribution in [0.3, 0.4) is 0 Å². The highest BCUT2D eigenvalue weighted by Gasteiger charge is 2.14. The van der Waals surface area contributed by atoms with Gasteiger partial charge in [0.05, 0.1) is 0 Å². The normalized spacial score (nSPS) is 19.5. The fourth-order valence-corrected chi connectivity index (χ4v) is 2.28. The highest BCUT2D eigenvalue weighted by atomic mass is 35.5. The van der Waals surface area contributed by atoms with Gasteiger partial charge in [0, 0.05) is 18.1 Å². The lowest BCUT2D eigenvalue weighted by atomic mass is 9.93. The molecule has 1 heterocycles. The summed E-state index contributed by atoms with van der Waals surface area (Å²) in [6.45, 7) is 3.40. The van der Waals surface area contributed by atoms with Gasteiger partial charge in [0.1, 0.15) is 0 Å². The minimum atomic E-state index is 0.751. The van der Waals surface area contributed by atoms with E-state index in [9.17, 15) is 0 Å². The van der Waals surface area contributed by atoms with E-state index in [4.69, 9.17) is 11.6 Å². The van der Waals surface area contributed by atoms with Crippen LogP contribution in [0, 0.1) is 5.92 Å². The Bertz CT molecular complexity index is 335. The van der Waals surface area contributed by atoms with Gasteiger partial charge in [0.15, 0.2) is 0 Å². The molecule has 1 aliphatic rings. The van der Waals surface area contributed by atoms with Gasteiger partial charge in [-0.05, 0) is 42.4 Å². The summed E-state index contributed by atoms with van der Waals surface area (Å²) >= 11 is 5.71. The first-order valence-electron chi connectivity index (χ1n) is 5.71. The number of hydrogen-bond acceptors (Lipinski definition) is 1. The maximum Gasteiger partial charge on any atom is 0.0373 e. The molecule has 0 aliphatic carbocycles. The van der Waals surface area contributed by atoms with Crippen molar-refractivity contribution >= 4 is 17.3 Å². The molecule has 1 aromatic rings. The number of halogens is 1. The standard InChI is InChI=1S/C13H18ClN/c1-10-7-12-8-11(3-2-6-14)4-5-13(12)15-9-10/h4-5,8,10,15H,2-3,6-7,9H2,1H3. The Kier molecular flexibility index (Phi) is 3.53. The quantitative estimate of drug-likeness (QED) is 0.774. The second-order valence-corrected chi connectivity index (χ2v) is 4.85. The van der Waals surface area contributed by atoms with Crippen molar-refractivity contribution in [1.82, 2.24) is 0 Å². The van der Waals surface area contributed by atoms with Crippen LogP contribution < -0.4 is 5.32 Å². The molecule has 1 nitrogen and oxygen atoms in total. The van der Waals surface area contributed by atoms with Gasteiger partial charge in [-0.3, -0.25) is 0 Å². The van der Waals surface area contributed by atoms with Crippen LogP contribution in [0.4, 0.5) is 5.69 Å². The molecule has 82 valence electrons. The molecule has 0 saturated heterocycles. The third-order valence-corrected chi connectivity index (χ3v) is 3.25. The van der Waals surface area contributed by atoms with Crippen molar-refractivity contribution in [3.8, 4) is 0 Å². The molecule has 1 aromatic carbocycles. The van der Waals surface area contributed by atoms with Crippen molar-refractivity contribution in [1.29, 1.82) is 0 Å². The predicted octanol–water partition coefficient (Wildman–Crippen LogP) is 3.46. The zero-order valence-corrected chi connectivity index (χ0v) is 9.98. The van der Waals surface area contributed by atoms with Gasteiger partial charge in [-0.2, -0.15) is 0 Å². The van der Waals surface area contributed by atoms with E-state index in [0.29, 0.717) is 0 Å². The average molecular weight is 224 g/mol.